The summed E-state index contributed by atoms with van der Waals surface area (Å²) in [5.74, 6) is 0. The van der Waals surface area contributed by atoms with Gasteiger partial charge in [0.2, 0.25) is 0 Å². The minimum Gasteiger partial charge on any atom is -0.371 e. The number of nitrogens with one attached hydrogen (secondary N) is 1. The van der Waals surface area contributed by atoms with Crippen LogP contribution >= 0.6 is 0 Å². The van der Waals surface area contributed by atoms with Crippen molar-refractivity contribution in [3.8, 4) is 0 Å². The van der Waals surface area contributed by atoms with Crippen LogP contribution in [0.25, 0.3) is 0 Å². The van der Waals surface area contributed by atoms with Crippen molar-refractivity contribution in [2.75, 3.05) is 36.8 Å². The molecule has 1 N–H and O–H groups in total. The van der Waals surface area contributed by atoms with E-state index >= 15 is 0 Å². The van der Waals surface area contributed by atoms with Crippen molar-refractivity contribution in [2.45, 2.75) is 19.3 Å². The van der Waals surface area contributed by atoms with Crippen molar-refractivity contribution in [3.63, 3.8) is 0 Å². The van der Waals surface area contributed by atoms with Gasteiger partial charge in [0.15, 0.2) is 0 Å². The Morgan fingerprint density at radius 3 is 2.47 bits per heavy atom. The largest absolute Gasteiger partial charge is 0.371 e. The minimum absolute atomic E-state index is 0.608. The monoisotopic (exact) mass is 283 g/mol. The molecule has 0 atom stereocenters. The normalized spacial score (nSPS) is 16.7. The summed E-state index contributed by atoms with van der Waals surface area (Å²) >= 11 is 0. The van der Waals surface area contributed by atoms with Crippen molar-refractivity contribution in [1.29, 1.82) is 0 Å². The Morgan fingerprint density at radius 2 is 1.84 bits per heavy atom. The SMILES string of the molecule is CN(C)S(=O)(=O)Nc1cccc(N2CCCCC2)c1. The third-order valence-electron chi connectivity index (χ3n) is 3.29. The molecule has 1 fully saturated rings. The Hall–Kier alpha value is -1.27. The van der Waals surface area contributed by atoms with E-state index in [2.05, 4.69) is 9.62 Å². The first-order valence-electron chi connectivity index (χ1n) is 6.54. The van der Waals surface area contributed by atoms with E-state index in [-0.39, 0.29) is 0 Å². The molecule has 1 saturated heterocycles. The molecule has 0 aliphatic carbocycles. The van der Waals surface area contributed by atoms with Gasteiger partial charge in [-0.05, 0) is 37.5 Å². The Labute approximate surface area is 115 Å². The lowest BCUT2D eigenvalue weighted by Crippen LogP contribution is -2.30. The lowest BCUT2D eigenvalue weighted by atomic mass is 10.1. The van der Waals surface area contributed by atoms with Crippen LogP contribution in [0.15, 0.2) is 24.3 Å². The van der Waals surface area contributed by atoms with Crippen LogP contribution in [0.4, 0.5) is 11.4 Å². The van der Waals surface area contributed by atoms with Crippen molar-refractivity contribution >= 4 is 21.6 Å². The second kappa shape index (κ2) is 5.79. The van der Waals surface area contributed by atoms with Gasteiger partial charge in [-0.3, -0.25) is 4.72 Å². The topological polar surface area (TPSA) is 52.7 Å². The van der Waals surface area contributed by atoms with Crippen LogP contribution in [-0.2, 0) is 10.2 Å². The van der Waals surface area contributed by atoms with Gasteiger partial charge in [0.1, 0.15) is 0 Å². The highest BCUT2D eigenvalue weighted by molar-refractivity contribution is 7.90. The van der Waals surface area contributed by atoms with E-state index in [4.69, 9.17) is 0 Å². The van der Waals surface area contributed by atoms with Gasteiger partial charge in [0.05, 0.1) is 5.69 Å². The Bertz CT molecular complexity index is 522. The number of benzene rings is 1. The average molecular weight is 283 g/mol. The van der Waals surface area contributed by atoms with Crippen LogP contribution in [-0.4, -0.2) is 39.9 Å². The summed E-state index contributed by atoms with van der Waals surface area (Å²) in [6.45, 7) is 2.09. The fourth-order valence-corrected chi connectivity index (χ4v) is 2.77. The summed E-state index contributed by atoms with van der Waals surface area (Å²) in [5, 5.41) is 0. The highest BCUT2D eigenvalue weighted by Crippen LogP contribution is 2.23. The fourth-order valence-electron chi connectivity index (χ4n) is 2.16. The van der Waals surface area contributed by atoms with Gasteiger partial charge in [0.25, 0.3) is 0 Å². The molecule has 106 valence electrons. The van der Waals surface area contributed by atoms with Crippen LogP contribution in [0, 0.1) is 0 Å². The second-order valence-corrected chi connectivity index (χ2v) is 6.87. The summed E-state index contributed by atoms with van der Waals surface area (Å²) in [6.07, 6.45) is 3.69. The van der Waals surface area contributed by atoms with Crippen molar-refractivity contribution in [1.82, 2.24) is 4.31 Å². The second-order valence-electron chi connectivity index (χ2n) is 4.99. The number of hydrogen-bond acceptors (Lipinski definition) is 3. The highest BCUT2D eigenvalue weighted by Gasteiger charge is 2.15. The van der Waals surface area contributed by atoms with E-state index in [0.717, 1.165) is 18.8 Å². The smallest absolute Gasteiger partial charge is 0.301 e. The maximum Gasteiger partial charge on any atom is 0.301 e. The molecule has 0 amide bonds. The number of hydrogen-bond donors (Lipinski definition) is 1. The lowest BCUT2D eigenvalue weighted by molar-refractivity contribution is 0.527. The molecule has 1 aromatic rings. The molecule has 2 rings (SSSR count). The number of piperidine rings is 1. The Kier molecular flexibility index (Phi) is 4.31. The predicted molar refractivity (Wildman–Crippen MR) is 78.7 cm³/mol. The van der Waals surface area contributed by atoms with Crippen LogP contribution in [0.1, 0.15) is 19.3 Å². The molecule has 0 saturated carbocycles. The van der Waals surface area contributed by atoms with E-state index in [1.165, 1.54) is 37.7 Å². The standard InChI is InChI=1S/C13H21N3O2S/c1-15(2)19(17,18)14-12-7-6-8-13(11-12)16-9-4-3-5-10-16/h6-8,11,14H,3-5,9-10H2,1-2H3. The van der Waals surface area contributed by atoms with E-state index in [9.17, 15) is 8.42 Å². The summed E-state index contributed by atoms with van der Waals surface area (Å²) in [7, 11) is -0.412. The quantitative estimate of drug-likeness (QED) is 0.918. The van der Waals surface area contributed by atoms with E-state index in [0.29, 0.717) is 5.69 Å². The van der Waals surface area contributed by atoms with Gasteiger partial charge in [-0.1, -0.05) is 6.07 Å². The summed E-state index contributed by atoms with van der Waals surface area (Å²) in [6, 6.07) is 7.58. The fraction of sp³-hybridized carbons (Fsp3) is 0.538. The van der Waals surface area contributed by atoms with Gasteiger partial charge in [-0.25, -0.2) is 0 Å². The zero-order valence-corrected chi connectivity index (χ0v) is 12.3. The lowest BCUT2D eigenvalue weighted by Gasteiger charge is -2.29. The molecular weight excluding hydrogens is 262 g/mol. The molecule has 1 heterocycles. The van der Waals surface area contributed by atoms with E-state index < -0.39 is 10.2 Å². The first-order chi connectivity index (χ1) is 8.99. The molecular formula is C13H21N3O2S. The summed E-state index contributed by atoms with van der Waals surface area (Å²) in [4.78, 5) is 2.30. The third-order valence-corrected chi connectivity index (χ3v) is 4.75. The predicted octanol–water partition coefficient (Wildman–Crippen LogP) is 1.90. The first-order valence-corrected chi connectivity index (χ1v) is 7.98. The summed E-state index contributed by atoms with van der Waals surface area (Å²) < 4.78 is 27.3. The zero-order chi connectivity index (χ0) is 13.9. The van der Waals surface area contributed by atoms with Crippen LogP contribution < -0.4 is 9.62 Å². The molecule has 0 unspecified atom stereocenters. The maximum atomic E-state index is 11.8. The van der Waals surface area contributed by atoms with Crippen LogP contribution in [0.2, 0.25) is 0 Å². The molecule has 5 nitrogen and oxygen atoms in total. The van der Waals surface area contributed by atoms with E-state index in [1.807, 2.05) is 18.2 Å². The number of nitrogens with zero attached hydrogens (tertiary/aromatic N) is 2. The Morgan fingerprint density at radius 1 is 1.16 bits per heavy atom. The van der Waals surface area contributed by atoms with Gasteiger partial charge >= 0.3 is 10.2 Å². The molecule has 1 aromatic carbocycles. The highest BCUT2D eigenvalue weighted by atomic mass is 32.2. The molecule has 6 heteroatoms. The van der Waals surface area contributed by atoms with Gasteiger partial charge in [0, 0.05) is 32.9 Å². The van der Waals surface area contributed by atoms with Crippen LogP contribution in [0.5, 0.6) is 0 Å². The molecule has 1 aliphatic heterocycles. The Balaban J connectivity index is 2.15. The molecule has 0 spiro atoms. The molecule has 0 aromatic heterocycles. The number of rotatable bonds is 4. The van der Waals surface area contributed by atoms with Crippen molar-refractivity contribution < 1.29 is 8.42 Å². The maximum absolute atomic E-state index is 11.8. The van der Waals surface area contributed by atoms with Crippen LogP contribution in [0.3, 0.4) is 0 Å². The number of anilines is 2. The first kappa shape index (κ1) is 14.1. The molecule has 0 radical (unpaired) electrons. The third kappa shape index (κ3) is 3.61. The van der Waals surface area contributed by atoms with E-state index in [1.54, 1.807) is 6.07 Å². The van der Waals surface area contributed by atoms with Gasteiger partial charge in [-0.2, -0.15) is 12.7 Å². The molecule has 19 heavy (non-hydrogen) atoms. The van der Waals surface area contributed by atoms with Gasteiger partial charge in [-0.15, -0.1) is 0 Å². The average Bonchev–Trinajstić information content (AvgIpc) is 2.39. The molecule has 1 aliphatic rings. The van der Waals surface area contributed by atoms with Crippen molar-refractivity contribution in [3.05, 3.63) is 24.3 Å². The summed E-state index contributed by atoms with van der Waals surface area (Å²) in [5.41, 5.74) is 1.69. The zero-order valence-electron chi connectivity index (χ0n) is 11.5. The minimum atomic E-state index is -3.43. The molecule has 0 bridgehead atoms. The van der Waals surface area contributed by atoms with Crippen molar-refractivity contribution in [2.24, 2.45) is 0 Å². The van der Waals surface area contributed by atoms with Gasteiger partial charge < -0.3 is 4.90 Å².